The Morgan fingerprint density at radius 3 is 2.60 bits per heavy atom. The second-order valence-electron chi connectivity index (χ2n) is 4.77. The molecule has 0 aromatic rings. The Morgan fingerprint density at radius 1 is 1.40 bits per heavy atom. The van der Waals surface area contributed by atoms with Crippen LogP contribution in [0.3, 0.4) is 0 Å². The number of hydrogen-bond donors (Lipinski definition) is 1. The third kappa shape index (κ3) is 3.40. The SMILES string of the molecule is NC(=S)CC1(COC2CCOCC2)CC1. The highest BCUT2D eigenvalue weighted by Gasteiger charge is 2.43. The molecular weight excluding hydrogens is 210 g/mol. The molecule has 1 saturated heterocycles. The zero-order chi connectivity index (χ0) is 10.7. The summed E-state index contributed by atoms with van der Waals surface area (Å²) in [6, 6.07) is 0. The van der Waals surface area contributed by atoms with Crippen molar-refractivity contribution in [1.82, 2.24) is 0 Å². The Hall–Kier alpha value is -0.190. The van der Waals surface area contributed by atoms with Gasteiger partial charge in [0, 0.05) is 25.0 Å². The summed E-state index contributed by atoms with van der Waals surface area (Å²) in [6.07, 6.45) is 5.74. The first-order valence-corrected chi connectivity index (χ1v) is 6.09. The van der Waals surface area contributed by atoms with E-state index in [1.807, 2.05) is 0 Å². The van der Waals surface area contributed by atoms with Gasteiger partial charge in [-0.25, -0.2) is 0 Å². The normalized spacial score (nSPS) is 25.1. The molecule has 0 aromatic carbocycles. The summed E-state index contributed by atoms with van der Waals surface area (Å²) in [4.78, 5) is 0.628. The van der Waals surface area contributed by atoms with E-state index in [9.17, 15) is 0 Å². The Bertz CT molecular complexity index is 235. The average molecular weight is 229 g/mol. The number of nitrogens with two attached hydrogens (primary N) is 1. The molecule has 2 fully saturated rings. The number of rotatable bonds is 5. The molecule has 2 aliphatic rings. The number of ether oxygens (including phenoxy) is 2. The lowest BCUT2D eigenvalue weighted by molar-refractivity contribution is -0.0455. The van der Waals surface area contributed by atoms with Crippen molar-refractivity contribution in [2.45, 2.75) is 38.2 Å². The van der Waals surface area contributed by atoms with Crippen LogP contribution in [0.2, 0.25) is 0 Å². The van der Waals surface area contributed by atoms with Gasteiger partial charge in [0.2, 0.25) is 0 Å². The maximum Gasteiger partial charge on any atom is 0.0733 e. The minimum atomic E-state index is 0.296. The summed E-state index contributed by atoms with van der Waals surface area (Å²) in [6.45, 7) is 2.51. The second kappa shape index (κ2) is 4.76. The van der Waals surface area contributed by atoms with Crippen LogP contribution in [0.15, 0.2) is 0 Å². The van der Waals surface area contributed by atoms with Crippen LogP contribution in [0, 0.1) is 5.41 Å². The third-order valence-electron chi connectivity index (χ3n) is 3.30. The number of hydrogen-bond acceptors (Lipinski definition) is 3. The van der Waals surface area contributed by atoms with E-state index in [1.54, 1.807) is 0 Å². The van der Waals surface area contributed by atoms with Crippen LogP contribution >= 0.6 is 12.2 Å². The lowest BCUT2D eigenvalue weighted by Crippen LogP contribution is -2.27. The summed E-state index contributed by atoms with van der Waals surface area (Å²) in [5.74, 6) is 0. The smallest absolute Gasteiger partial charge is 0.0733 e. The van der Waals surface area contributed by atoms with E-state index >= 15 is 0 Å². The van der Waals surface area contributed by atoms with Crippen LogP contribution in [-0.4, -0.2) is 30.9 Å². The van der Waals surface area contributed by atoms with E-state index < -0.39 is 0 Å². The largest absolute Gasteiger partial charge is 0.393 e. The molecule has 0 bridgehead atoms. The maximum absolute atomic E-state index is 5.92. The Morgan fingerprint density at radius 2 is 2.07 bits per heavy atom. The van der Waals surface area contributed by atoms with Gasteiger partial charge in [-0.1, -0.05) is 12.2 Å². The molecule has 3 nitrogen and oxygen atoms in total. The molecule has 0 unspecified atom stereocenters. The summed E-state index contributed by atoms with van der Waals surface area (Å²) in [5.41, 5.74) is 5.88. The van der Waals surface area contributed by atoms with Gasteiger partial charge < -0.3 is 15.2 Å². The molecule has 1 aliphatic heterocycles. The highest BCUT2D eigenvalue weighted by atomic mass is 32.1. The van der Waals surface area contributed by atoms with E-state index in [-0.39, 0.29) is 0 Å². The molecule has 1 heterocycles. The standard InChI is InChI=1S/C11H19NO2S/c12-10(15)7-11(3-4-11)8-14-9-1-5-13-6-2-9/h9H,1-8H2,(H2,12,15). The Kier molecular flexibility index (Phi) is 3.59. The van der Waals surface area contributed by atoms with E-state index in [0.717, 1.165) is 39.1 Å². The van der Waals surface area contributed by atoms with Crippen molar-refractivity contribution in [3.05, 3.63) is 0 Å². The quantitative estimate of drug-likeness (QED) is 0.728. The van der Waals surface area contributed by atoms with Gasteiger partial charge >= 0.3 is 0 Å². The lowest BCUT2D eigenvalue weighted by Gasteiger charge is -2.25. The van der Waals surface area contributed by atoms with Crippen LogP contribution < -0.4 is 5.73 Å². The predicted octanol–water partition coefficient (Wildman–Crippen LogP) is 1.64. The summed E-state index contributed by atoms with van der Waals surface area (Å²) in [7, 11) is 0. The molecule has 1 aliphatic carbocycles. The van der Waals surface area contributed by atoms with Gasteiger partial charge in [0.15, 0.2) is 0 Å². The summed E-state index contributed by atoms with van der Waals surface area (Å²) in [5, 5.41) is 0. The van der Waals surface area contributed by atoms with Crippen LogP contribution in [0.25, 0.3) is 0 Å². The van der Waals surface area contributed by atoms with Crippen LogP contribution in [0.5, 0.6) is 0 Å². The highest BCUT2D eigenvalue weighted by molar-refractivity contribution is 7.80. The molecular formula is C11H19NO2S. The van der Waals surface area contributed by atoms with E-state index in [4.69, 9.17) is 27.4 Å². The van der Waals surface area contributed by atoms with Gasteiger partial charge in [-0.2, -0.15) is 0 Å². The molecule has 0 radical (unpaired) electrons. The summed E-state index contributed by atoms with van der Waals surface area (Å²) < 4.78 is 11.2. The van der Waals surface area contributed by atoms with Gasteiger partial charge in [0.05, 0.1) is 17.7 Å². The minimum absolute atomic E-state index is 0.296. The molecule has 15 heavy (non-hydrogen) atoms. The maximum atomic E-state index is 5.92. The molecule has 2 N–H and O–H groups in total. The van der Waals surface area contributed by atoms with Crippen molar-refractivity contribution in [2.24, 2.45) is 11.1 Å². The van der Waals surface area contributed by atoms with Crippen molar-refractivity contribution in [3.63, 3.8) is 0 Å². The van der Waals surface area contributed by atoms with Crippen molar-refractivity contribution < 1.29 is 9.47 Å². The molecule has 1 saturated carbocycles. The fourth-order valence-corrected chi connectivity index (χ4v) is 2.36. The molecule has 0 spiro atoms. The minimum Gasteiger partial charge on any atom is -0.393 e. The van der Waals surface area contributed by atoms with Crippen molar-refractivity contribution >= 4 is 17.2 Å². The Balaban J connectivity index is 1.70. The third-order valence-corrected chi connectivity index (χ3v) is 3.44. The van der Waals surface area contributed by atoms with E-state index in [1.165, 1.54) is 12.8 Å². The van der Waals surface area contributed by atoms with Gasteiger partial charge in [-0.3, -0.25) is 0 Å². The molecule has 0 amide bonds. The first-order valence-electron chi connectivity index (χ1n) is 5.68. The zero-order valence-electron chi connectivity index (χ0n) is 9.04. The highest BCUT2D eigenvalue weighted by Crippen LogP contribution is 2.49. The Labute approximate surface area is 96.3 Å². The zero-order valence-corrected chi connectivity index (χ0v) is 9.85. The van der Waals surface area contributed by atoms with Crippen molar-refractivity contribution in [1.29, 1.82) is 0 Å². The van der Waals surface area contributed by atoms with Crippen molar-refractivity contribution in [2.75, 3.05) is 19.8 Å². The van der Waals surface area contributed by atoms with Crippen molar-refractivity contribution in [3.8, 4) is 0 Å². The van der Waals surface area contributed by atoms with Gasteiger partial charge in [0.1, 0.15) is 0 Å². The van der Waals surface area contributed by atoms with E-state index in [0.29, 0.717) is 16.5 Å². The van der Waals surface area contributed by atoms with Crippen LogP contribution in [0.4, 0.5) is 0 Å². The van der Waals surface area contributed by atoms with Gasteiger partial charge in [-0.05, 0) is 25.7 Å². The molecule has 86 valence electrons. The second-order valence-corrected chi connectivity index (χ2v) is 5.29. The lowest BCUT2D eigenvalue weighted by atomic mass is 10.0. The van der Waals surface area contributed by atoms with Crippen LogP contribution in [-0.2, 0) is 9.47 Å². The molecule has 2 rings (SSSR count). The summed E-state index contributed by atoms with van der Waals surface area (Å²) >= 11 is 4.96. The number of thiocarbonyl (C=S) groups is 1. The molecule has 4 heteroatoms. The topological polar surface area (TPSA) is 44.5 Å². The average Bonchev–Trinajstić information content (AvgIpc) is 2.96. The molecule has 0 atom stereocenters. The fourth-order valence-electron chi connectivity index (χ4n) is 2.06. The van der Waals surface area contributed by atoms with Crippen LogP contribution in [0.1, 0.15) is 32.1 Å². The first kappa shape index (κ1) is 11.3. The van der Waals surface area contributed by atoms with Gasteiger partial charge in [-0.15, -0.1) is 0 Å². The molecule has 0 aromatic heterocycles. The fraction of sp³-hybridized carbons (Fsp3) is 0.909. The van der Waals surface area contributed by atoms with E-state index in [2.05, 4.69) is 0 Å². The monoisotopic (exact) mass is 229 g/mol. The predicted molar refractivity (Wildman–Crippen MR) is 62.9 cm³/mol. The van der Waals surface area contributed by atoms with Gasteiger partial charge in [0.25, 0.3) is 0 Å². The first-order chi connectivity index (χ1) is 7.20.